The lowest BCUT2D eigenvalue weighted by molar-refractivity contribution is -0.384. The van der Waals surface area contributed by atoms with Crippen molar-refractivity contribution in [1.82, 2.24) is 9.97 Å². The topological polar surface area (TPSA) is 98.5 Å². The van der Waals surface area contributed by atoms with E-state index in [4.69, 9.17) is 4.74 Å². The highest BCUT2D eigenvalue weighted by atomic mass is 16.6. The molecule has 1 aliphatic carbocycles. The van der Waals surface area contributed by atoms with Gasteiger partial charge in [-0.05, 0) is 19.3 Å². The van der Waals surface area contributed by atoms with Crippen molar-refractivity contribution < 1.29 is 14.5 Å². The highest BCUT2D eigenvalue weighted by Crippen LogP contribution is 2.34. The van der Waals surface area contributed by atoms with Crippen LogP contribution < -0.4 is 4.90 Å². The van der Waals surface area contributed by atoms with Gasteiger partial charge in [-0.15, -0.1) is 0 Å². The molecule has 1 fully saturated rings. The third kappa shape index (κ3) is 3.15. The normalized spacial score (nSPS) is 16.3. The molecule has 0 spiro atoms. The molecule has 0 saturated heterocycles. The Kier molecular flexibility index (Phi) is 5.24. The maximum Gasteiger partial charge on any atom is 0.329 e. The third-order valence-corrected chi connectivity index (χ3v) is 4.03. The number of methoxy groups -OCH3 is 1. The van der Waals surface area contributed by atoms with E-state index in [2.05, 4.69) is 9.97 Å². The largest absolute Gasteiger partial charge is 0.467 e. The van der Waals surface area contributed by atoms with Crippen molar-refractivity contribution in [2.75, 3.05) is 12.0 Å². The minimum atomic E-state index is -0.582. The summed E-state index contributed by atoms with van der Waals surface area (Å²) in [6, 6.07) is -0.528. The molecule has 1 aromatic heterocycles. The van der Waals surface area contributed by atoms with Gasteiger partial charge in [0.2, 0.25) is 5.82 Å². The monoisotopic (exact) mass is 308 g/mol. The first kappa shape index (κ1) is 16.1. The zero-order chi connectivity index (χ0) is 16.1. The fraction of sp³-hybridized carbons (Fsp3) is 0.643. The Balaban J connectivity index is 2.48. The van der Waals surface area contributed by atoms with Gasteiger partial charge in [0, 0.05) is 6.04 Å². The van der Waals surface area contributed by atoms with Gasteiger partial charge in [0.15, 0.2) is 0 Å². The standard InChI is InChI=1S/C14H20N4O4/c1-3-11(14(19)22-2)17(10-6-4-5-7-10)13-12(18(20)21)8-15-9-16-13/h8-11H,3-7H2,1-2H3/t11-/m1/s1. The van der Waals surface area contributed by atoms with Crippen LogP contribution in [0.3, 0.4) is 0 Å². The summed E-state index contributed by atoms with van der Waals surface area (Å²) in [4.78, 5) is 32.5. The molecule has 1 saturated carbocycles. The number of esters is 1. The molecule has 0 aromatic carbocycles. The van der Waals surface area contributed by atoms with Crippen LogP contribution in [0, 0.1) is 10.1 Å². The second kappa shape index (κ2) is 7.15. The maximum absolute atomic E-state index is 12.1. The lowest BCUT2D eigenvalue weighted by Gasteiger charge is -2.34. The summed E-state index contributed by atoms with van der Waals surface area (Å²) in [6.45, 7) is 1.86. The lowest BCUT2D eigenvalue weighted by atomic mass is 10.1. The van der Waals surface area contributed by atoms with Crippen LogP contribution in [0.1, 0.15) is 39.0 Å². The molecule has 120 valence electrons. The van der Waals surface area contributed by atoms with E-state index < -0.39 is 16.9 Å². The molecule has 0 radical (unpaired) electrons. The Morgan fingerprint density at radius 1 is 1.55 bits per heavy atom. The van der Waals surface area contributed by atoms with Crippen LogP contribution >= 0.6 is 0 Å². The number of carbonyl (C=O) groups is 1. The van der Waals surface area contributed by atoms with E-state index >= 15 is 0 Å². The highest BCUT2D eigenvalue weighted by molar-refractivity contribution is 5.81. The van der Waals surface area contributed by atoms with Crippen molar-refractivity contribution in [3.63, 3.8) is 0 Å². The van der Waals surface area contributed by atoms with Gasteiger partial charge in [0.1, 0.15) is 18.6 Å². The average molecular weight is 308 g/mol. The smallest absolute Gasteiger partial charge is 0.329 e. The van der Waals surface area contributed by atoms with Crippen LogP contribution in [0.25, 0.3) is 0 Å². The molecule has 1 heterocycles. The zero-order valence-electron chi connectivity index (χ0n) is 12.8. The van der Waals surface area contributed by atoms with Crippen molar-refractivity contribution in [3.05, 3.63) is 22.6 Å². The summed E-state index contributed by atoms with van der Waals surface area (Å²) >= 11 is 0. The molecule has 8 nitrogen and oxygen atoms in total. The molecular weight excluding hydrogens is 288 g/mol. The lowest BCUT2D eigenvalue weighted by Crippen LogP contribution is -2.47. The Bertz CT molecular complexity index is 545. The number of hydrogen-bond donors (Lipinski definition) is 0. The molecule has 0 aliphatic heterocycles. The van der Waals surface area contributed by atoms with E-state index in [0.29, 0.717) is 6.42 Å². The summed E-state index contributed by atoms with van der Waals surface area (Å²) in [5.74, 6) is -0.202. The fourth-order valence-corrected chi connectivity index (χ4v) is 3.01. The summed E-state index contributed by atoms with van der Waals surface area (Å²) in [5, 5.41) is 11.3. The summed E-state index contributed by atoms with van der Waals surface area (Å²) in [7, 11) is 1.33. The van der Waals surface area contributed by atoms with E-state index in [9.17, 15) is 14.9 Å². The van der Waals surface area contributed by atoms with Gasteiger partial charge in [0.25, 0.3) is 0 Å². The number of hydrogen-bond acceptors (Lipinski definition) is 7. The maximum atomic E-state index is 12.1. The van der Waals surface area contributed by atoms with Crippen LogP contribution in [0.5, 0.6) is 0 Å². The molecule has 22 heavy (non-hydrogen) atoms. The molecule has 2 rings (SSSR count). The van der Waals surface area contributed by atoms with Crippen molar-refractivity contribution in [3.8, 4) is 0 Å². The van der Waals surface area contributed by atoms with Crippen LogP contribution in [0.15, 0.2) is 12.5 Å². The van der Waals surface area contributed by atoms with E-state index in [0.717, 1.165) is 25.7 Å². The van der Waals surface area contributed by atoms with Crippen LogP contribution in [0.4, 0.5) is 11.5 Å². The molecular formula is C14H20N4O4. The number of nitrogens with zero attached hydrogens (tertiary/aromatic N) is 4. The van der Waals surface area contributed by atoms with Crippen LogP contribution in [0.2, 0.25) is 0 Å². The minimum absolute atomic E-state index is 0.0534. The Hall–Kier alpha value is -2.25. The van der Waals surface area contributed by atoms with Gasteiger partial charge < -0.3 is 9.64 Å². The summed E-state index contributed by atoms with van der Waals surface area (Å²) < 4.78 is 4.87. The molecule has 0 bridgehead atoms. The first-order valence-electron chi connectivity index (χ1n) is 7.40. The molecule has 1 aromatic rings. The molecule has 0 unspecified atom stereocenters. The minimum Gasteiger partial charge on any atom is -0.467 e. The SMILES string of the molecule is CC[C@H](C(=O)OC)N(c1ncncc1[N+](=O)[O-])C1CCCC1. The molecule has 0 N–H and O–H groups in total. The molecule has 1 atom stereocenters. The van der Waals surface area contributed by atoms with E-state index in [1.807, 2.05) is 6.92 Å². The highest BCUT2D eigenvalue weighted by Gasteiger charge is 2.37. The Labute approximate surface area is 128 Å². The number of nitro groups is 1. The van der Waals surface area contributed by atoms with Gasteiger partial charge in [0.05, 0.1) is 12.0 Å². The first-order chi connectivity index (χ1) is 10.6. The third-order valence-electron chi connectivity index (χ3n) is 4.03. The van der Waals surface area contributed by atoms with Gasteiger partial charge in [-0.25, -0.2) is 14.8 Å². The molecule has 1 aliphatic rings. The Morgan fingerprint density at radius 3 is 2.77 bits per heavy atom. The summed E-state index contributed by atoms with van der Waals surface area (Å²) in [5.41, 5.74) is -0.184. The summed E-state index contributed by atoms with van der Waals surface area (Å²) in [6.07, 6.45) is 6.78. The quantitative estimate of drug-likeness (QED) is 0.450. The first-order valence-corrected chi connectivity index (χ1v) is 7.40. The second-order valence-corrected chi connectivity index (χ2v) is 5.28. The second-order valence-electron chi connectivity index (χ2n) is 5.28. The van der Waals surface area contributed by atoms with Gasteiger partial charge in [-0.1, -0.05) is 19.8 Å². The van der Waals surface area contributed by atoms with E-state index in [-0.39, 0.29) is 17.5 Å². The van der Waals surface area contributed by atoms with Crippen molar-refractivity contribution in [2.45, 2.75) is 51.1 Å². The van der Waals surface area contributed by atoms with Crippen molar-refractivity contribution in [1.29, 1.82) is 0 Å². The average Bonchev–Trinajstić information content (AvgIpc) is 3.05. The molecule has 8 heteroatoms. The van der Waals surface area contributed by atoms with Crippen LogP contribution in [-0.4, -0.2) is 40.1 Å². The van der Waals surface area contributed by atoms with Crippen LogP contribution in [-0.2, 0) is 9.53 Å². The predicted molar refractivity (Wildman–Crippen MR) is 79.5 cm³/mol. The zero-order valence-corrected chi connectivity index (χ0v) is 12.8. The number of ether oxygens (including phenoxy) is 1. The Morgan fingerprint density at radius 2 is 2.23 bits per heavy atom. The predicted octanol–water partition coefficient (Wildman–Crippen LogP) is 2.09. The number of rotatable bonds is 6. The molecule has 0 amide bonds. The number of anilines is 1. The van der Waals surface area contributed by atoms with E-state index in [1.54, 1.807) is 4.90 Å². The number of carbonyl (C=O) groups excluding carboxylic acids is 1. The fourth-order valence-electron chi connectivity index (χ4n) is 3.01. The van der Waals surface area contributed by atoms with E-state index in [1.165, 1.54) is 19.6 Å². The van der Waals surface area contributed by atoms with Crippen molar-refractivity contribution in [2.24, 2.45) is 0 Å². The van der Waals surface area contributed by atoms with Crippen molar-refractivity contribution >= 4 is 17.5 Å². The van der Waals surface area contributed by atoms with Gasteiger partial charge in [-0.3, -0.25) is 10.1 Å². The van der Waals surface area contributed by atoms with Gasteiger partial charge in [-0.2, -0.15) is 0 Å². The van der Waals surface area contributed by atoms with Gasteiger partial charge >= 0.3 is 11.7 Å². The number of aromatic nitrogens is 2.